The van der Waals surface area contributed by atoms with Gasteiger partial charge in [-0.15, -0.1) is 0 Å². The molecular formula is C13H15N3O4S. The molecule has 2 aromatic rings. The molecule has 0 saturated heterocycles. The van der Waals surface area contributed by atoms with Crippen molar-refractivity contribution in [2.45, 2.75) is 0 Å². The van der Waals surface area contributed by atoms with Gasteiger partial charge >= 0.3 is 0 Å². The van der Waals surface area contributed by atoms with Gasteiger partial charge in [-0.2, -0.15) is 5.10 Å². The minimum Gasteiger partial charge on any atom is -0.496 e. The molecule has 1 aromatic carbocycles. The fraction of sp³-hybridized carbons (Fsp3) is 0.231. The van der Waals surface area contributed by atoms with Crippen LogP contribution in [0, 0.1) is 0 Å². The second-order valence-corrected chi connectivity index (χ2v) is 6.22. The average molecular weight is 309 g/mol. The third-order valence-corrected chi connectivity index (χ3v) is 3.27. The van der Waals surface area contributed by atoms with Gasteiger partial charge in [0.15, 0.2) is 0 Å². The first-order valence-electron chi connectivity index (χ1n) is 6.01. The average Bonchev–Trinajstić information content (AvgIpc) is 2.79. The second-order valence-electron chi connectivity index (χ2n) is 4.47. The van der Waals surface area contributed by atoms with Gasteiger partial charge in [0.1, 0.15) is 11.4 Å². The molecule has 0 fully saturated rings. The third-order valence-electron chi connectivity index (χ3n) is 2.71. The lowest BCUT2D eigenvalue weighted by Gasteiger charge is -2.07. The Morgan fingerprint density at radius 3 is 2.62 bits per heavy atom. The number of rotatable bonds is 4. The summed E-state index contributed by atoms with van der Waals surface area (Å²) in [6, 6.07) is 7.06. The molecule has 2 rings (SSSR count). The van der Waals surface area contributed by atoms with Crippen molar-refractivity contribution in [1.82, 2.24) is 14.5 Å². The summed E-state index contributed by atoms with van der Waals surface area (Å²) in [6.07, 6.45) is 2.38. The molecule has 0 unspecified atom stereocenters. The summed E-state index contributed by atoms with van der Waals surface area (Å²) in [4.78, 5) is 12.1. The molecule has 1 heterocycles. The molecule has 7 nitrogen and oxygen atoms in total. The molecule has 0 spiro atoms. The highest BCUT2D eigenvalue weighted by Crippen LogP contribution is 2.30. The number of methoxy groups -OCH3 is 1. The highest BCUT2D eigenvalue weighted by Gasteiger charge is 2.21. The number of para-hydroxylation sites is 1. The Labute approximate surface area is 122 Å². The molecular weight excluding hydrogens is 294 g/mol. The first-order valence-corrected chi connectivity index (χ1v) is 7.90. The zero-order valence-electron chi connectivity index (χ0n) is 11.8. The van der Waals surface area contributed by atoms with E-state index in [1.54, 1.807) is 31.3 Å². The van der Waals surface area contributed by atoms with E-state index in [-0.39, 0.29) is 5.56 Å². The molecule has 0 atom stereocenters. The van der Waals surface area contributed by atoms with Crippen LogP contribution in [0.3, 0.4) is 0 Å². The topological polar surface area (TPSA) is 90.3 Å². The smallest absolute Gasteiger partial charge is 0.268 e. The van der Waals surface area contributed by atoms with Gasteiger partial charge < -0.3 is 4.74 Å². The van der Waals surface area contributed by atoms with Crippen LogP contribution in [-0.2, 0) is 17.1 Å². The Balaban J connectivity index is 2.53. The normalized spacial score (nSPS) is 11.2. The largest absolute Gasteiger partial charge is 0.496 e. The Morgan fingerprint density at radius 2 is 2.00 bits per heavy atom. The molecule has 0 aliphatic rings. The number of ether oxygens (including phenoxy) is 1. The van der Waals surface area contributed by atoms with Crippen LogP contribution in [0.15, 0.2) is 30.5 Å². The fourth-order valence-corrected chi connectivity index (χ4v) is 2.36. The number of nitrogens with zero attached hydrogens (tertiary/aromatic N) is 2. The maximum Gasteiger partial charge on any atom is 0.268 e. The van der Waals surface area contributed by atoms with Gasteiger partial charge in [0.05, 0.1) is 18.9 Å². The summed E-state index contributed by atoms with van der Waals surface area (Å²) < 4.78 is 31.0. The lowest BCUT2D eigenvalue weighted by molar-refractivity contribution is 0.0982. The van der Waals surface area contributed by atoms with Crippen molar-refractivity contribution in [1.29, 1.82) is 0 Å². The van der Waals surface area contributed by atoms with E-state index in [1.807, 2.05) is 4.72 Å². The van der Waals surface area contributed by atoms with E-state index in [0.717, 1.165) is 6.26 Å². The molecule has 8 heteroatoms. The molecule has 0 aliphatic heterocycles. The Hall–Kier alpha value is -2.35. The van der Waals surface area contributed by atoms with Gasteiger partial charge in [-0.1, -0.05) is 12.1 Å². The SMILES string of the molecule is COc1ccccc1-c1nn(C)cc1C(=O)NS(C)(=O)=O. The number of carbonyl (C=O) groups excluding carboxylic acids is 1. The number of amides is 1. The number of benzene rings is 1. The van der Waals surface area contributed by atoms with Gasteiger partial charge in [-0.05, 0) is 12.1 Å². The van der Waals surface area contributed by atoms with Crippen molar-refractivity contribution < 1.29 is 17.9 Å². The number of hydrogen-bond acceptors (Lipinski definition) is 5. The van der Waals surface area contributed by atoms with Crippen molar-refractivity contribution in [3.63, 3.8) is 0 Å². The van der Waals surface area contributed by atoms with Gasteiger partial charge in [-0.3, -0.25) is 9.48 Å². The van der Waals surface area contributed by atoms with Crippen LogP contribution in [-0.4, -0.2) is 37.5 Å². The fourth-order valence-electron chi connectivity index (χ4n) is 1.92. The summed E-state index contributed by atoms with van der Waals surface area (Å²) in [5.74, 6) is -0.184. The predicted molar refractivity (Wildman–Crippen MR) is 77.5 cm³/mol. The summed E-state index contributed by atoms with van der Waals surface area (Å²) >= 11 is 0. The zero-order valence-corrected chi connectivity index (χ0v) is 12.6. The van der Waals surface area contributed by atoms with Crippen LogP contribution in [0.25, 0.3) is 11.3 Å². The molecule has 21 heavy (non-hydrogen) atoms. The molecule has 0 radical (unpaired) electrons. The minimum atomic E-state index is -3.64. The standard InChI is InChI=1S/C13H15N3O4S/c1-16-8-10(13(17)15-21(3,18)19)12(14-16)9-6-4-5-7-11(9)20-2/h4-8H,1-3H3,(H,15,17). The molecule has 1 aromatic heterocycles. The maximum absolute atomic E-state index is 12.1. The summed E-state index contributed by atoms with van der Waals surface area (Å²) in [6.45, 7) is 0. The van der Waals surface area contributed by atoms with Crippen molar-refractivity contribution in [2.24, 2.45) is 7.05 Å². The lowest BCUT2D eigenvalue weighted by Crippen LogP contribution is -2.29. The van der Waals surface area contributed by atoms with Gasteiger partial charge in [0.25, 0.3) is 5.91 Å². The summed E-state index contributed by atoms with van der Waals surface area (Å²) in [7, 11) is -0.484. The molecule has 1 N–H and O–H groups in total. The van der Waals surface area contributed by atoms with E-state index in [2.05, 4.69) is 5.10 Å². The van der Waals surface area contributed by atoms with E-state index in [9.17, 15) is 13.2 Å². The number of carbonyl (C=O) groups is 1. The van der Waals surface area contributed by atoms with Crippen LogP contribution in [0.1, 0.15) is 10.4 Å². The van der Waals surface area contributed by atoms with Gasteiger partial charge in [0, 0.05) is 18.8 Å². The molecule has 0 aliphatic carbocycles. The van der Waals surface area contributed by atoms with Crippen LogP contribution in [0.5, 0.6) is 5.75 Å². The molecule has 1 amide bonds. The van der Waals surface area contributed by atoms with Crippen LogP contribution >= 0.6 is 0 Å². The van der Waals surface area contributed by atoms with Crippen LogP contribution in [0.2, 0.25) is 0 Å². The molecule has 0 bridgehead atoms. The van der Waals surface area contributed by atoms with Crippen LogP contribution < -0.4 is 9.46 Å². The van der Waals surface area contributed by atoms with E-state index in [1.165, 1.54) is 18.0 Å². The Kier molecular flexibility index (Phi) is 3.99. The van der Waals surface area contributed by atoms with Crippen molar-refractivity contribution in [3.8, 4) is 17.0 Å². The van der Waals surface area contributed by atoms with Crippen molar-refractivity contribution >= 4 is 15.9 Å². The number of sulfonamides is 1. The molecule has 0 saturated carbocycles. The number of hydrogen-bond donors (Lipinski definition) is 1. The van der Waals surface area contributed by atoms with E-state index in [0.29, 0.717) is 17.0 Å². The summed E-state index contributed by atoms with van der Waals surface area (Å²) in [5, 5.41) is 4.22. The predicted octanol–water partition coefficient (Wildman–Crippen LogP) is 0.785. The highest BCUT2D eigenvalue weighted by molar-refractivity contribution is 7.89. The zero-order chi connectivity index (χ0) is 15.6. The first kappa shape index (κ1) is 15.0. The first-order chi connectivity index (χ1) is 9.81. The van der Waals surface area contributed by atoms with E-state index >= 15 is 0 Å². The van der Waals surface area contributed by atoms with Gasteiger partial charge in [-0.25, -0.2) is 13.1 Å². The van der Waals surface area contributed by atoms with Crippen molar-refractivity contribution in [2.75, 3.05) is 13.4 Å². The third kappa shape index (κ3) is 3.40. The highest BCUT2D eigenvalue weighted by atomic mass is 32.2. The number of aryl methyl sites for hydroxylation is 1. The minimum absolute atomic E-state index is 0.160. The Morgan fingerprint density at radius 1 is 1.33 bits per heavy atom. The Bertz CT molecular complexity index is 780. The maximum atomic E-state index is 12.1. The van der Waals surface area contributed by atoms with Gasteiger partial charge in [0.2, 0.25) is 10.0 Å². The number of aromatic nitrogens is 2. The second kappa shape index (κ2) is 5.57. The summed E-state index contributed by atoms with van der Waals surface area (Å²) in [5.41, 5.74) is 1.13. The quantitative estimate of drug-likeness (QED) is 0.901. The monoisotopic (exact) mass is 309 g/mol. The van der Waals surface area contributed by atoms with E-state index < -0.39 is 15.9 Å². The van der Waals surface area contributed by atoms with Crippen molar-refractivity contribution in [3.05, 3.63) is 36.0 Å². The van der Waals surface area contributed by atoms with E-state index in [4.69, 9.17) is 4.74 Å². The number of nitrogens with one attached hydrogen (secondary N) is 1. The van der Waals surface area contributed by atoms with Crippen LogP contribution in [0.4, 0.5) is 0 Å². The molecule has 112 valence electrons. The lowest BCUT2D eigenvalue weighted by atomic mass is 10.1.